The van der Waals surface area contributed by atoms with Gasteiger partial charge in [0.1, 0.15) is 6.61 Å². The molecule has 1 N–H and O–H groups in total. The highest BCUT2D eigenvalue weighted by Gasteiger charge is 1.94. The average Bonchev–Trinajstić information content (AvgIpc) is 2.02. The molecule has 0 aromatic heterocycles. The SMILES string of the molecule is CCCOOCCOCC(C)O. The normalized spacial score (nSPS) is 13.2. The van der Waals surface area contributed by atoms with Crippen LogP contribution in [-0.2, 0) is 14.5 Å². The van der Waals surface area contributed by atoms with Crippen molar-refractivity contribution in [2.75, 3.05) is 26.4 Å². The van der Waals surface area contributed by atoms with Crippen molar-refractivity contribution in [1.82, 2.24) is 0 Å². The van der Waals surface area contributed by atoms with E-state index in [1.165, 1.54) is 0 Å². The summed E-state index contributed by atoms with van der Waals surface area (Å²) in [6.07, 6.45) is 0.524. The van der Waals surface area contributed by atoms with E-state index in [9.17, 15) is 0 Å². The highest BCUT2D eigenvalue weighted by molar-refractivity contribution is 4.40. The molecule has 0 fully saturated rings. The minimum Gasteiger partial charge on any atom is -0.391 e. The summed E-state index contributed by atoms with van der Waals surface area (Å²) in [5.41, 5.74) is 0. The zero-order valence-corrected chi connectivity index (χ0v) is 7.78. The Bertz CT molecular complexity index is 85.1. The van der Waals surface area contributed by atoms with Crippen LogP contribution in [-0.4, -0.2) is 37.6 Å². The third kappa shape index (κ3) is 9.84. The van der Waals surface area contributed by atoms with Gasteiger partial charge in [-0.05, 0) is 13.3 Å². The van der Waals surface area contributed by atoms with Gasteiger partial charge in [0.15, 0.2) is 0 Å². The van der Waals surface area contributed by atoms with Crippen LogP contribution in [0.2, 0.25) is 0 Å². The van der Waals surface area contributed by atoms with Crippen molar-refractivity contribution < 1.29 is 19.6 Å². The fourth-order valence-electron chi connectivity index (χ4n) is 0.548. The van der Waals surface area contributed by atoms with Crippen molar-refractivity contribution in [1.29, 1.82) is 0 Å². The number of hydrogen-bond donors (Lipinski definition) is 1. The zero-order valence-electron chi connectivity index (χ0n) is 7.78. The maximum absolute atomic E-state index is 8.80. The Kier molecular flexibility index (Phi) is 8.81. The molecule has 4 heteroatoms. The number of ether oxygens (including phenoxy) is 1. The molecule has 1 unspecified atom stereocenters. The van der Waals surface area contributed by atoms with Crippen molar-refractivity contribution in [3.8, 4) is 0 Å². The molecule has 0 bridgehead atoms. The summed E-state index contributed by atoms with van der Waals surface area (Å²) < 4.78 is 5.02. The molecular formula is C8H18O4. The largest absolute Gasteiger partial charge is 0.391 e. The molecule has 74 valence electrons. The fourth-order valence-corrected chi connectivity index (χ4v) is 0.548. The standard InChI is InChI=1S/C8H18O4/c1-3-4-11-12-6-5-10-7-8(2)9/h8-9H,3-7H2,1-2H3. The molecule has 4 nitrogen and oxygen atoms in total. The average molecular weight is 178 g/mol. The van der Waals surface area contributed by atoms with Crippen LogP contribution in [0.1, 0.15) is 20.3 Å². The summed E-state index contributed by atoms with van der Waals surface area (Å²) in [6.45, 7) is 5.50. The quantitative estimate of drug-likeness (QED) is 0.338. The van der Waals surface area contributed by atoms with E-state index in [0.717, 1.165) is 6.42 Å². The number of aliphatic hydroxyl groups excluding tert-OH is 1. The van der Waals surface area contributed by atoms with E-state index in [1.54, 1.807) is 6.92 Å². The second-order valence-electron chi connectivity index (χ2n) is 2.57. The third-order valence-electron chi connectivity index (χ3n) is 1.04. The maximum atomic E-state index is 8.80. The minimum absolute atomic E-state index is 0.344. The number of hydrogen-bond acceptors (Lipinski definition) is 4. The zero-order chi connectivity index (χ0) is 9.23. The molecule has 0 saturated heterocycles. The van der Waals surface area contributed by atoms with Crippen LogP contribution in [0.5, 0.6) is 0 Å². The van der Waals surface area contributed by atoms with E-state index >= 15 is 0 Å². The Morgan fingerprint density at radius 2 is 1.83 bits per heavy atom. The second kappa shape index (κ2) is 8.93. The van der Waals surface area contributed by atoms with Crippen molar-refractivity contribution in [2.24, 2.45) is 0 Å². The third-order valence-corrected chi connectivity index (χ3v) is 1.04. The lowest BCUT2D eigenvalue weighted by Crippen LogP contribution is -2.13. The van der Waals surface area contributed by atoms with Crippen molar-refractivity contribution >= 4 is 0 Å². The smallest absolute Gasteiger partial charge is 0.106 e. The number of aliphatic hydroxyl groups is 1. The van der Waals surface area contributed by atoms with Gasteiger partial charge in [0.2, 0.25) is 0 Å². The van der Waals surface area contributed by atoms with E-state index in [-0.39, 0.29) is 0 Å². The van der Waals surface area contributed by atoms with Gasteiger partial charge in [0, 0.05) is 0 Å². The first-order chi connectivity index (χ1) is 5.77. The van der Waals surface area contributed by atoms with Gasteiger partial charge in [-0.1, -0.05) is 6.92 Å². The highest BCUT2D eigenvalue weighted by atomic mass is 17.2. The maximum Gasteiger partial charge on any atom is 0.106 e. The van der Waals surface area contributed by atoms with Crippen molar-refractivity contribution in [3.63, 3.8) is 0 Å². The van der Waals surface area contributed by atoms with Crippen molar-refractivity contribution in [2.45, 2.75) is 26.4 Å². The van der Waals surface area contributed by atoms with Gasteiger partial charge in [-0.25, -0.2) is 9.78 Å². The summed E-state index contributed by atoms with van der Waals surface area (Å²) in [6, 6.07) is 0. The van der Waals surface area contributed by atoms with Gasteiger partial charge >= 0.3 is 0 Å². The summed E-state index contributed by atoms with van der Waals surface area (Å²) >= 11 is 0. The predicted molar refractivity (Wildman–Crippen MR) is 44.7 cm³/mol. The molecule has 0 heterocycles. The van der Waals surface area contributed by atoms with Crippen LogP contribution >= 0.6 is 0 Å². The van der Waals surface area contributed by atoms with Gasteiger partial charge in [-0.3, -0.25) is 0 Å². The first kappa shape index (κ1) is 11.8. The molecule has 0 aromatic rings. The van der Waals surface area contributed by atoms with Crippen LogP contribution in [0.3, 0.4) is 0 Å². The lowest BCUT2D eigenvalue weighted by Gasteiger charge is -2.05. The molecule has 0 rings (SSSR count). The Morgan fingerprint density at radius 3 is 2.42 bits per heavy atom. The second-order valence-corrected chi connectivity index (χ2v) is 2.57. The molecule has 0 aliphatic rings. The molecule has 0 aliphatic carbocycles. The van der Waals surface area contributed by atoms with E-state index in [4.69, 9.17) is 19.6 Å². The molecule has 0 radical (unpaired) electrons. The molecule has 0 amide bonds. The molecule has 0 saturated carbocycles. The summed E-state index contributed by atoms with van der Waals surface area (Å²) in [7, 11) is 0. The minimum atomic E-state index is -0.415. The summed E-state index contributed by atoms with van der Waals surface area (Å²) in [5.74, 6) is 0. The van der Waals surface area contributed by atoms with Gasteiger partial charge in [0.05, 0.1) is 25.9 Å². The van der Waals surface area contributed by atoms with E-state index < -0.39 is 6.10 Å². The van der Waals surface area contributed by atoms with Crippen LogP contribution in [0.15, 0.2) is 0 Å². The van der Waals surface area contributed by atoms with E-state index in [2.05, 4.69) is 0 Å². The predicted octanol–water partition coefficient (Wildman–Crippen LogP) is 0.742. The summed E-state index contributed by atoms with van der Waals surface area (Å²) in [5, 5.41) is 8.80. The van der Waals surface area contributed by atoms with Gasteiger partial charge in [-0.2, -0.15) is 0 Å². The first-order valence-corrected chi connectivity index (χ1v) is 4.27. The molecule has 0 aromatic carbocycles. The van der Waals surface area contributed by atoms with Gasteiger partial charge in [0.25, 0.3) is 0 Å². The topological polar surface area (TPSA) is 47.9 Å². The number of rotatable bonds is 8. The molecule has 12 heavy (non-hydrogen) atoms. The fraction of sp³-hybridized carbons (Fsp3) is 1.00. The molecule has 1 atom stereocenters. The van der Waals surface area contributed by atoms with E-state index in [1.807, 2.05) is 6.92 Å². The molecule has 0 spiro atoms. The van der Waals surface area contributed by atoms with Crippen LogP contribution in [0.25, 0.3) is 0 Å². The van der Waals surface area contributed by atoms with E-state index in [0.29, 0.717) is 26.4 Å². The Hall–Kier alpha value is -0.160. The summed E-state index contributed by atoms with van der Waals surface area (Å²) in [4.78, 5) is 9.50. The Balaban J connectivity index is 2.82. The van der Waals surface area contributed by atoms with Gasteiger partial charge in [-0.15, -0.1) is 0 Å². The Labute approximate surface area is 73.4 Å². The highest BCUT2D eigenvalue weighted by Crippen LogP contribution is 1.85. The van der Waals surface area contributed by atoms with Gasteiger partial charge < -0.3 is 9.84 Å². The monoisotopic (exact) mass is 178 g/mol. The lowest BCUT2D eigenvalue weighted by atomic mass is 10.4. The molecule has 0 aliphatic heterocycles. The Morgan fingerprint density at radius 1 is 1.17 bits per heavy atom. The van der Waals surface area contributed by atoms with Crippen LogP contribution in [0.4, 0.5) is 0 Å². The molecular weight excluding hydrogens is 160 g/mol. The van der Waals surface area contributed by atoms with Crippen LogP contribution in [0, 0.1) is 0 Å². The first-order valence-electron chi connectivity index (χ1n) is 4.27. The lowest BCUT2D eigenvalue weighted by molar-refractivity contribution is -0.299. The van der Waals surface area contributed by atoms with Crippen molar-refractivity contribution in [3.05, 3.63) is 0 Å². The van der Waals surface area contributed by atoms with Crippen LogP contribution < -0.4 is 0 Å².